The average molecular weight is 324 g/mol. The van der Waals surface area contributed by atoms with E-state index in [1.807, 2.05) is 6.92 Å². The second-order valence-electron chi connectivity index (χ2n) is 5.65. The fourth-order valence-corrected chi connectivity index (χ4v) is 2.88. The smallest absolute Gasteiger partial charge is 0.410 e. The van der Waals surface area contributed by atoms with E-state index in [2.05, 4.69) is 9.97 Å². The molecule has 8 nitrogen and oxygen atoms in total. The number of aromatic amines is 1. The average Bonchev–Trinajstić information content (AvgIpc) is 2.98. The number of aliphatic hydroxyl groups is 1. The van der Waals surface area contributed by atoms with Crippen LogP contribution in [0.5, 0.6) is 0 Å². The summed E-state index contributed by atoms with van der Waals surface area (Å²) in [7, 11) is 1.32. The molecule has 0 aliphatic carbocycles. The van der Waals surface area contributed by atoms with E-state index in [-0.39, 0.29) is 19.1 Å². The number of H-pyrrole nitrogens is 1. The van der Waals surface area contributed by atoms with Gasteiger partial charge in [-0.1, -0.05) is 0 Å². The molecule has 1 fully saturated rings. The number of imidazole rings is 1. The molecule has 1 unspecified atom stereocenters. The third-order valence-corrected chi connectivity index (χ3v) is 4.00. The Morgan fingerprint density at radius 3 is 2.91 bits per heavy atom. The number of aryl methyl sites for hydroxylation is 1. The topological polar surface area (TPSA) is 98.8 Å². The van der Waals surface area contributed by atoms with Gasteiger partial charge in [0.25, 0.3) is 0 Å². The van der Waals surface area contributed by atoms with Crippen molar-refractivity contribution in [1.29, 1.82) is 0 Å². The normalized spacial score (nSPS) is 17.9. The van der Waals surface area contributed by atoms with Crippen molar-refractivity contribution in [2.75, 3.05) is 26.8 Å². The van der Waals surface area contributed by atoms with Crippen molar-refractivity contribution in [3.63, 3.8) is 0 Å². The van der Waals surface area contributed by atoms with Gasteiger partial charge in [0, 0.05) is 13.1 Å². The summed E-state index contributed by atoms with van der Waals surface area (Å²) >= 11 is 0. The third kappa shape index (κ3) is 4.22. The Hall–Kier alpha value is -2.09. The van der Waals surface area contributed by atoms with Crippen LogP contribution in [0.2, 0.25) is 0 Å². The Labute approximate surface area is 135 Å². The maximum atomic E-state index is 12.9. The van der Waals surface area contributed by atoms with Crippen LogP contribution in [0.25, 0.3) is 0 Å². The lowest BCUT2D eigenvalue weighted by molar-refractivity contribution is -0.138. The molecule has 0 bridgehead atoms. The van der Waals surface area contributed by atoms with Crippen LogP contribution in [-0.4, -0.2) is 69.7 Å². The highest BCUT2D eigenvalue weighted by molar-refractivity contribution is 5.86. The van der Waals surface area contributed by atoms with Gasteiger partial charge in [0.05, 0.1) is 32.2 Å². The number of ether oxygens (including phenoxy) is 1. The Kier molecular flexibility index (Phi) is 5.97. The molecule has 2 amide bonds. The molecular weight excluding hydrogens is 300 g/mol. The van der Waals surface area contributed by atoms with Gasteiger partial charge >= 0.3 is 6.09 Å². The number of carbonyl (C=O) groups is 2. The van der Waals surface area contributed by atoms with Crippen molar-refractivity contribution < 1.29 is 19.4 Å². The fourth-order valence-electron chi connectivity index (χ4n) is 2.88. The van der Waals surface area contributed by atoms with E-state index >= 15 is 0 Å². The Morgan fingerprint density at radius 2 is 2.30 bits per heavy atom. The van der Waals surface area contributed by atoms with Crippen molar-refractivity contribution in [3.05, 3.63) is 17.7 Å². The van der Waals surface area contributed by atoms with Gasteiger partial charge in [-0.25, -0.2) is 9.78 Å². The molecule has 8 heteroatoms. The lowest BCUT2D eigenvalue weighted by atomic mass is 10.0. The number of rotatable bonds is 5. The number of likely N-dealkylation sites (tertiary alicyclic amines) is 1. The number of amides is 2. The summed E-state index contributed by atoms with van der Waals surface area (Å²) in [5.74, 6) is 0.599. The molecule has 0 spiro atoms. The highest BCUT2D eigenvalue weighted by Crippen LogP contribution is 2.20. The summed E-state index contributed by atoms with van der Waals surface area (Å²) in [6.45, 7) is 2.75. The van der Waals surface area contributed by atoms with Gasteiger partial charge in [-0.2, -0.15) is 0 Å². The van der Waals surface area contributed by atoms with Gasteiger partial charge in [-0.15, -0.1) is 0 Å². The largest absolute Gasteiger partial charge is 0.453 e. The van der Waals surface area contributed by atoms with Crippen molar-refractivity contribution in [1.82, 2.24) is 19.8 Å². The molecule has 2 rings (SSSR count). The maximum absolute atomic E-state index is 12.9. The minimum absolute atomic E-state index is 0.135. The molecule has 1 aliphatic heterocycles. The number of carbonyl (C=O) groups excluding carboxylic acids is 2. The maximum Gasteiger partial charge on any atom is 0.410 e. The molecule has 1 aliphatic rings. The number of nitrogens with one attached hydrogen (secondary N) is 1. The van der Waals surface area contributed by atoms with Crippen LogP contribution in [0, 0.1) is 6.92 Å². The zero-order chi connectivity index (χ0) is 16.8. The summed E-state index contributed by atoms with van der Waals surface area (Å²) < 4.78 is 4.78. The van der Waals surface area contributed by atoms with Crippen LogP contribution in [0.1, 0.15) is 30.8 Å². The van der Waals surface area contributed by atoms with E-state index < -0.39 is 12.1 Å². The molecule has 1 saturated heterocycles. The summed E-state index contributed by atoms with van der Waals surface area (Å²) in [4.78, 5) is 35.0. The Morgan fingerprint density at radius 1 is 1.52 bits per heavy atom. The van der Waals surface area contributed by atoms with E-state index in [0.29, 0.717) is 19.5 Å². The molecule has 23 heavy (non-hydrogen) atoms. The molecule has 0 aromatic carbocycles. The van der Waals surface area contributed by atoms with Crippen molar-refractivity contribution >= 4 is 12.0 Å². The van der Waals surface area contributed by atoms with Crippen LogP contribution in [0.15, 0.2) is 6.20 Å². The third-order valence-electron chi connectivity index (χ3n) is 4.00. The van der Waals surface area contributed by atoms with E-state index in [1.165, 1.54) is 12.0 Å². The molecule has 2 heterocycles. The molecule has 1 aromatic rings. The van der Waals surface area contributed by atoms with Crippen molar-refractivity contribution in [2.24, 2.45) is 0 Å². The SMILES string of the molecule is COC(=O)N1CCCCC1C(=O)N(CCO)Cc1cnc(C)[nH]1. The van der Waals surface area contributed by atoms with Crippen LogP contribution in [-0.2, 0) is 16.1 Å². The van der Waals surface area contributed by atoms with Gasteiger partial charge < -0.3 is 19.7 Å². The zero-order valence-corrected chi connectivity index (χ0v) is 13.6. The van der Waals surface area contributed by atoms with Crippen molar-refractivity contribution in [3.8, 4) is 0 Å². The second kappa shape index (κ2) is 7.96. The van der Waals surface area contributed by atoms with Gasteiger partial charge in [-0.05, 0) is 26.2 Å². The summed E-state index contributed by atoms with van der Waals surface area (Å²) in [6, 6.07) is -0.535. The highest BCUT2D eigenvalue weighted by Gasteiger charge is 2.35. The first-order chi connectivity index (χ1) is 11.1. The standard InChI is InChI=1S/C15H24N4O4/c1-11-16-9-12(17-11)10-18(7-8-20)14(21)13-5-3-4-6-19(13)15(22)23-2/h9,13,20H,3-8,10H2,1-2H3,(H,16,17). The summed E-state index contributed by atoms with van der Waals surface area (Å²) in [6.07, 6.45) is 3.55. The number of nitrogens with zero attached hydrogens (tertiary/aromatic N) is 3. The molecule has 0 radical (unpaired) electrons. The molecule has 1 atom stereocenters. The first kappa shape index (κ1) is 17.3. The lowest BCUT2D eigenvalue weighted by Gasteiger charge is -2.36. The van der Waals surface area contributed by atoms with Crippen LogP contribution in [0.3, 0.4) is 0 Å². The van der Waals surface area contributed by atoms with Crippen molar-refractivity contribution in [2.45, 2.75) is 38.8 Å². The number of piperidine rings is 1. The predicted molar refractivity (Wildman–Crippen MR) is 82.6 cm³/mol. The van der Waals surface area contributed by atoms with Crippen LogP contribution in [0.4, 0.5) is 4.79 Å². The highest BCUT2D eigenvalue weighted by atomic mass is 16.5. The molecule has 2 N–H and O–H groups in total. The monoisotopic (exact) mass is 324 g/mol. The van der Waals surface area contributed by atoms with E-state index in [4.69, 9.17) is 4.74 Å². The second-order valence-corrected chi connectivity index (χ2v) is 5.65. The van der Waals surface area contributed by atoms with Crippen LogP contribution >= 0.6 is 0 Å². The first-order valence-electron chi connectivity index (χ1n) is 7.81. The fraction of sp³-hybridized carbons (Fsp3) is 0.667. The van der Waals surface area contributed by atoms with Gasteiger partial charge in [-0.3, -0.25) is 9.69 Å². The number of hydrogen-bond acceptors (Lipinski definition) is 5. The zero-order valence-electron chi connectivity index (χ0n) is 13.6. The molecule has 128 valence electrons. The van der Waals surface area contributed by atoms with E-state index in [0.717, 1.165) is 24.4 Å². The first-order valence-corrected chi connectivity index (χ1v) is 7.81. The summed E-state index contributed by atoms with van der Waals surface area (Å²) in [5, 5.41) is 9.26. The van der Waals surface area contributed by atoms with Gasteiger partial charge in [0.1, 0.15) is 11.9 Å². The number of aromatic nitrogens is 2. The molecular formula is C15H24N4O4. The quantitative estimate of drug-likeness (QED) is 0.829. The molecule has 1 aromatic heterocycles. The molecule has 0 saturated carbocycles. The Balaban J connectivity index is 2.12. The predicted octanol–water partition coefficient (Wildman–Crippen LogP) is 0.660. The minimum Gasteiger partial charge on any atom is -0.453 e. The number of hydrogen-bond donors (Lipinski definition) is 2. The number of aliphatic hydroxyl groups excluding tert-OH is 1. The van der Waals surface area contributed by atoms with Gasteiger partial charge in [0.15, 0.2) is 0 Å². The number of methoxy groups -OCH3 is 1. The lowest BCUT2D eigenvalue weighted by Crippen LogP contribution is -2.53. The summed E-state index contributed by atoms with van der Waals surface area (Å²) in [5.41, 5.74) is 0.796. The van der Waals surface area contributed by atoms with Crippen LogP contribution < -0.4 is 0 Å². The van der Waals surface area contributed by atoms with Gasteiger partial charge in [0.2, 0.25) is 5.91 Å². The van der Waals surface area contributed by atoms with E-state index in [9.17, 15) is 14.7 Å². The van der Waals surface area contributed by atoms with E-state index in [1.54, 1.807) is 11.1 Å². The Bertz CT molecular complexity index is 545. The minimum atomic E-state index is -0.535.